The molecule has 0 aromatic heterocycles. The van der Waals surface area contributed by atoms with Crippen molar-refractivity contribution in [3.05, 3.63) is 24.3 Å². The molecule has 0 atom stereocenters. The minimum absolute atomic E-state index is 0.111. The maximum absolute atomic E-state index is 12.3. The number of hydrogen-bond donors (Lipinski definition) is 2. The number of carbonyl (C=O) groups excluding carboxylic acids is 1. The van der Waals surface area contributed by atoms with Gasteiger partial charge < -0.3 is 20.7 Å². The Labute approximate surface area is 125 Å². The number of rotatable bonds is 3. The Hall–Kier alpha value is -1.59. The second kappa shape index (κ2) is 6.03. The SMILES string of the molecule is NC1(C(=O)Nc2ccc(N3CCCC3)cc2)CCOCC1. The van der Waals surface area contributed by atoms with Crippen LogP contribution in [0.5, 0.6) is 0 Å². The first-order valence-corrected chi connectivity index (χ1v) is 7.70. The summed E-state index contributed by atoms with van der Waals surface area (Å²) in [7, 11) is 0. The van der Waals surface area contributed by atoms with Gasteiger partial charge in [-0.3, -0.25) is 4.79 Å². The third-order valence-corrected chi connectivity index (χ3v) is 4.43. The highest BCUT2D eigenvalue weighted by atomic mass is 16.5. The van der Waals surface area contributed by atoms with E-state index in [-0.39, 0.29) is 5.91 Å². The highest BCUT2D eigenvalue weighted by Crippen LogP contribution is 2.24. The molecule has 0 bridgehead atoms. The zero-order valence-electron chi connectivity index (χ0n) is 12.3. The van der Waals surface area contributed by atoms with Crippen molar-refractivity contribution in [3.8, 4) is 0 Å². The summed E-state index contributed by atoms with van der Waals surface area (Å²) in [6.07, 6.45) is 3.67. The summed E-state index contributed by atoms with van der Waals surface area (Å²) < 4.78 is 5.27. The van der Waals surface area contributed by atoms with Crippen LogP contribution in [-0.4, -0.2) is 37.7 Å². The van der Waals surface area contributed by atoms with E-state index in [9.17, 15) is 4.79 Å². The van der Waals surface area contributed by atoms with Crippen molar-refractivity contribution in [3.63, 3.8) is 0 Å². The van der Waals surface area contributed by atoms with Crippen LogP contribution >= 0.6 is 0 Å². The van der Waals surface area contributed by atoms with E-state index in [1.165, 1.54) is 18.5 Å². The van der Waals surface area contributed by atoms with Gasteiger partial charge in [0, 0.05) is 37.7 Å². The Kier molecular flexibility index (Phi) is 4.12. The molecule has 114 valence electrons. The first-order valence-electron chi connectivity index (χ1n) is 7.70. The Morgan fingerprint density at radius 3 is 2.38 bits per heavy atom. The van der Waals surface area contributed by atoms with Gasteiger partial charge >= 0.3 is 0 Å². The van der Waals surface area contributed by atoms with Gasteiger partial charge in [-0.1, -0.05) is 0 Å². The van der Waals surface area contributed by atoms with E-state index in [4.69, 9.17) is 10.5 Å². The number of ether oxygens (including phenoxy) is 1. The van der Waals surface area contributed by atoms with Gasteiger partial charge in [-0.15, -0.1) is 0 Å². The number of benzene rings is 1. The maximum Gasteiger partial charge on any atom is 0.244 e. The Balaban J connectivity index is 1.63. The van der Waals surface area contributed by atoms with Crippen LogP contribution in [-0.2, 0) is 9.53 Å². The Bertz CT molecular complexity index is 489. The van der Waals surface area contributed by atoms with Gasteiger partial charge in [0.25, 0.3) is 0 Å². The van der Waals surface area contributed by atoms with E-state index in [1.54, 1.807) is 0 Å². The largest absolute Gasteiger partial charge is 0.381 e. The molecule has 0 saturated carbocycles. The molecule has 2 heterocycles. The van der Waals surface area contributed by atoms with Crippen molar-refractivity contribution in [1.82, 2.24) is 0 Å². The molecule has 0 unspecified atom stereocenters. The summed E-state index contributed by atoms with van der Waals surface area (Å²) >= 11 is 0. The molecule has 2 aliphatic rings. The number of amides is 1. The van der Waals surface area contributed by atoms with E-state index in [1.807, 2.05) is 12.1 Å². The van der Waals surface area contributed by atoms with E-state index < -0.39 is 5.54 Å². The van der Waals surface area contributed by atoms with Crippen LogP contribution in [0.25, 0.3) is 0 Å². The van der Waals surface area contributed by atoms with Crippen molar-refractivity contribution in [2.45, 2.75) is 31.2 Å². The lowest BCUT2D eigenvalue weighted by Crippen LogP contribution is -2.54. The van der Waals surface area contributed by atoms with Crippen LogP contribution < -0.4 is 16.0 Å². The average molecular weight is 289 g/mol. The summed E-state index contributed by atoms with van der Waals surface area (Å²) in [5.74, 6) is -0.111. The third-order valence-electron chi connectivity index (χ3n) is 4.43. The average Bonchev–Trinajstić information content (AvgIpc) is 3.03. The topological polar surface area (TPSA) is 67.6 Å². The third kappa shape index (κ3) is 3.19. The van der Waals surface area contributed by atoms with Gasteiger partial charge in [-0.25, -0.2) is 0 Å². The minimum atomic E-state index is -0.800. The van der Waals surface area contributed by atoms with E-state index in [0.29, 0.717) is 26.1 Å². The predicted octanol–water partition coefficient (Wildman–Crippen LogP) is 1.73. The Morgan fingerprint density at radius 2 is 1.76 bits per heavy atom. The highest BCUT2D eigenvalue weighted by molar-refractivity contribution is 5.98. The molecule has 2 saturated heterocycles. The number of nitrogens with one attached hydrogen (secondary N) is 1. The zero-order valence-corrected chi connectivity index (χ0v) is 12.3. The number of anilines is 2. The smallest absolute Gasteiger partial charge is 0.244 e. The van der Waals surface area contributed by atoms with Crippen molar-refractivity contribution in [2.24, 2.45) is 5.73 Å². The van der Waals surface area contributed by atoms with Gasteiger partial charge in [-0.2, -0.15) is 0 Å². The Morgan fingerprint density at radius 1 is 1.14 bits per heavy atom. The summed E-state index contributed by atoms with van der Waals surface area (Å²) in [4.78, 5) is 14.7. The maximum atomic E-state index is 12.3. The van der Waals surface area contributed by atoms with Crippen molar-refractivity contribution in [2.75, 3.05) is 36.5 Å². The van der Waals surface area contributed by atoms with E-state index >= 15 is 0 Å². The quantitative estimate of drug-likeness (QED) is 0.889. The molecule has 0 radical (unpaired) electrons. The van der Waals surface area contributed by atoms with Crippen molar-refractivity contribution >= 4 is 17.3 Å². The fourth-order valence-corrected chi connectivity index (χ4v) is 2.95. The van der Waals surface area contributed by atoms with Gasteiger partial charge in [0.1, 0.15) is 5.54 Å². The molecule has 3 rings (SSSR count). The van der Waals surface area contributed by atoms with E-state index in [0.717, 1.165) is 18.8 Å². The number of carbonyl (C=O) groups is 1. The van der Waals surface area contributed by atoms with Crippen LogP contribution in [0.2, 0.25) is 0 Å². The molecular formula is C16H23N3O2. The molecule has 5 nitrogen and oxygen atoms in total. The first kappa shape index (κ1) is 14.4. The van der Waals surface area contributed by atoms with Gasteiger partial charge in [0.05, 0.1) is 0 Å². The fourth-order valence-electron chi connectivity index (χ4n) is 2.95. The molecule has 2 aliphatic heterocycles. The van der Waals surface area contributed by atoms with E-state index in [2.05, 4.69) is 22.3 Å². The van der Waals surface area contributed by atoms with Crippen molar-refractivity contribution < 1.29 is 9.53 Å². The molecule has 5 heteroatoms. The lowest BCUT2D eigenvalue weighted by Gasteiger charge is -2.31. The summed E-state index contributed by atoms with van der Waals surface area (Å²) in [6.45, 7) is 3.35. The van der Waals surface area contributed by atoms with Crippen molar-refractivity contribution in [1.29, 1.82) is 0 Å². The molecule has 21 heavy (non-hydrogen) atoms. The summed E-state index contributed by atoms with van der Waals surface area (Å²) in [5.41, 5.74) is 7.41. The number of nitrogens with two attached hydrogens (primary N) is 1. The predicted molar refractivity (Wildman–Crippen MR) is 83.5 cm³/mol. The standard InChI is InChI=1S/C16H23N3O2/c17-16(7-11-21-12-8-16)15(20)18-13-3-5-14(6-4-13)19-9-1-2-10-19/h3-6H,1-2,7-12,17H2,(H,18,20). The molecule has 1 aromatic rings. The number of hydrogen-bond acceptors (Lipinski definition) is 4. The van der Waals surface area contributed by atoms with Crippen LogP contribution in [0.3, 0.4) is 0 Å². The van der Waals surface area contributed by atoms with Gasteiger partial charge in [0.2, 0.25) is 5.91 Å². The summed E-state index contributed by atoms with van der Waals surface area (Å²) in [5, 5.41) is 2.93. The molecular weight excluding hydrogens is 266 g/mol. The summed E-state index contributed by atoms with van der Waals surface area (Å²) in [6, 6.07) is 8.03. The van der Waals surface area contributed by atoms with Gasteiger partial charge in [0.15, 0.2) is 0 Å². The molecule has 0 aliphatic carbocycles. The lowest BCUT2D eigenvalue weighted by atomic mass is 9.90. The molecule has 0 spiro atoms. The fraction of sp³-hybridized carbons (Fsp3) is 0.562. The zero-order chi connectivity index (χ0) is 14.7. The molecule has 2 fully saturated rings. The molecule has 3 N–H and O–H groups in total. The minimum Gasteiger partial charge on any atom is -0.381 e. The second-order valence-electron chi connectivity index (χ2n) is 5.96. The van der Waals surface area contributed by atoms with Crippen LogP contribution in [0.4, 0.5) is 11.4 Å². The second-order valence-corrected chi connectivity index (χ2v) is 5.96. The van der Waals surface area contributed by atoms with Crippen LogP contribution in [0, 0.1) is 0 Å². The number of nitrogens with zero attached hydrogens (tertiary/aromatic N) is 1. The lowest BCUT2D eigenvalue weighted by molar-refractivity contribution is -0.124. The molecule has 1 aromatic carbocycles. The molecule has 1 amide bonds. The van der Waals surface area contributed by atoms with Crippen LogP contribution in [0.1, 0.15) is 25.7 Å². The highest BCUT2D eigenvalue weighted by Gasteiger charge is 2.35. The van der Waals surface area contributed by atoms with Gasteiger partial charge in [-0.05, 0) is 49.9 Å². The first-order chi connectivity index (χ1) is 10.2. The normalized spacial score (nSPS) is 21.3. The van der Waals surface area contributed by atoms with Crippen LogP contribution in [0.15, 0.2) is 24.3 Å². The monoisotopic (exact) mass is 289 g/mol.